The van der Waals surface area contributed by atoms with Gasteiger partial charge in [-0.05, 0) is 49.1 Å². The van der Waals surface area contributed by atoms with Gasteiger partial charge in [-0.2, -0.15) is 5.10 Å². The Kier molecular flexibility index (Phi) is 3.51. The molecule has 4 nitrogen and oxygen atoms in total. The standard InChI is InChI=1S/C15H19N3O/c1-19-11-15(12-3-4-12)17-13-5-7-14(8-6-13)18-10-2-9-16-18/h2,5-10,12,15,17H,3-4,11H2,1H3. The van der Waals surface area contributed by atoms with Gasteiger partial charge in [-0.1, -0.05) is 0 Å². The van der Waals surface area contributed by atoms with Gasteiger partial charge in [0.15, 0.2) is 0 Å². The highest BCUT2D eigenvalue weighted by Crippen LogP contribution is 2.34. The number of hydrogen-bond acceptors (Lipinski definition) is 3. The van der Waals surface area contributed by atoms with E-state index in [1.54, 1.807) is 13.3 Å². The molecule has 1 fully saturated rings. The smallest absolute Gasteiger partial charge is 0.0666 e. The zero-order valence-corrected chi connectivity index (χ0v) is 11.1. The fourth-order valence-corrected chi connectivity index (χ4v) is 2.32. The molecule has 1 aromatic heterocycles. The fourth-order valence-electron chi connectivity index (χ4n) is 2.32. The van der Waals surface area contributed by atoms with Gasteiger partial charge in [-0.25, -0.2) is 4.68 Å². The molecule has 0 aliphatic heterocycles. The summed E-state index contributed by atoms with van der Waals surface area (Å²) in [5.74, 6) is 0.769. The van der Waals surface area contributed by atoms with Gasteiger partial charge in [-0.15, -0.1) is 0 Å². The van der Waals surface area contributed by atoms with Gasteiger partial charge in [0.2, 0.25) is 0 Å². The lowest BCUT2D eigenvalue weighted by Gasteiger charge is -2.18. The highest BCUT2D eigenvalue weighted by molar-refractivity contribution is 5.49. The van der Waals surface area contributed by atoms with Crippen molar-refractivity contribution in [2.45, 2.75) is 18.9 Å². The molecule has 1 unspecified atom stereocenters. The molecule has 1 aliphatic rings. The molecule has 19 heavy (non-hydrogen) atoms. The summed E-state index contributed by atoms with van der Waals surface area (Å²) in [4.78, 5) is 0. The minimum atomic E-state index is 0.431. The van der Waals surface area contributed by atoms with E-state index in [1.807, 2.05) is 16.9 Å². The number of nitrogens with zero attached hydrogens (tertiary/aromatic N) is 2. The van der Waals surface area contributed by atoms with Crippen molar-refractivity contribution in [3.8, 4) is 5.69 Å². The molecular formula is C15H19N3O. The number of methoxy groups -OCH3 is 1. The van der Waals surface area contributed by atoms with Gasteiger partial charge in [0, 0.05) is 25.2 Å². The summed E-state index contributed by atoms with van der Waals surface area (Å²) in [6.45, 7) is 0.769. The molecule has 4 heteroatoms. The van der Waals surface area contributed by atoms with Crippen LogP contribution in [0, 0.1) is 5.92 Å². The third kappa shape index (κ3) is 2.96. The Morgan fingerprint density at radius 1 is 1.37 bits per heavy atom. The van der Waals surface area contributed by atoms with Crippen LogP contribution in [0.4, 0.5) is 5.69 Å². The van der Waals surface area contributed by atoms with Crippen molar-refractivity contribution in [2.75, 3.05) is 19.0 Å². The average molecular weight is 257 g/mol. The molecule has 2 aromatic rings. The maximum atomic E-state index is 5.28. The first-order valence-corrected chi connectivity index (χ1v) is 6.72. The average Bonchev–Trinajstić information content (AvgIpc) is 3.14. The van der Waals surface area contributed by atoms with Gasteiger partial charge in [0.25, 0.3) is 0 Å². The molecule has 0 spiro atoms. The van der Waals surface area contributed by atoms with E-state index in [1.165, 1.54) is 12.8 Å². The number of ether oxygens (including phenoxy) is 1. The van der Waals surface area contributed by atoms with Crippen molar-refractivity contribution in [2.24, 2.45) is 5.92 Å². The molecule has 3 rings (SSSR count). The van der Waals surface area contributed by atoms with Gasteiger partial charge in [0.05, 0.1) is 18.3 Å². The summed E-state index contributed by atoms with van der Waals surface area (Å²) in [5, 5.41) is 7.78. The lowest BCUT2D eigenvalue weighted by molar-refractivity contribution is 0.179. The molecule has 1 N–H and O–H groups in total. The van der Waals surface area contributed by atoms with Crippen molar-refractivity contribution in [3.63, 3.8) is 0 Å². The molecule has 100 valence electrons. The largest absolute Gasteiger partial charge is 0.383 e. The molecule has 0 bridgehead atoms. The van der Waals surface area contributed by atoms with E-state index in [2.05, 4.69) is 34.7 Å². The lowest BCUT2D eigenvalue weighted by atomic mass is 10.2. The van der Waals surface area contributed by atoms with Gasteiger partial charge in [-0.3, -0.25) is 0 Å². The Morgan fingerprint density at radius 2 is 2.16 bits per heavy atom. The van der Waals surface area contributed by atoms with Gasteiger partial charge < -0.3 is 10.1 Å². The first-order chi connectivity index (χ1) is 9.36. The minimum absolute atomic E-state index is 0.431. The summed E-state index contributed by atoms with van der Waals surface area (Å²) in [7, 11) is 1.76. The Bertz CT molecular complexity index is 503. The summed E-state index contributed by atoms with van der Waals surface area (Å²) >= 11 is 0. The number of rotatable bonds is 6. The predicted octanol–water partition coefficient (Wildman–Crippen LogP) is 2.71. The summed E-state index contributed by atoms with van der Waals surface area (Å²) in [5.41, 5.74) is 2.22. The second-order valence-electron chi connectivity index (χ2n) is 5.04. The van der Waals surface area contributed by atoms with E-state index < -0.39 is 0 Å². The van der Waals surface area contributed by atoms with Crippen LogP contribution < -0.4 is 5.32 Å². The second-order valence-corrected chi connectivity index (χ2v) is 5.04. The minimum Gasteiger partial charge on any atom is -0.383 e. The molecule has 0 amide bonds. The van der Waals surface area contributed by atoms with Crippen LogP contribution in [-0.4, -0.2) is 29.5 Å². The van der Waals surface area contributed by atoms with Crippen molar-refractivity contribution in [3.05, 3.63) is 42.7 Å². The van der Waals surface area contributed by atoms with Crippen LogP contribution in [0.25, 0.3) is 5.69 Å². The van der Waals surface area contributed by atoms with Crippen molar-refractivity contribution < 1.29 is 4.74 Å². The third-order valence-corrected chi connectivity index (χ3v) is 3.53. The van der Waals surface area contributed by atoms with E-state index in [9.17, 15) is 0 Å². The Balaban J connectivity index is 1.68. The van der Waals surface area contributed by atoms with Crippen LogP contribution in [0.15, 0.2) is 42.7 Å². The topological polar surface area (TPSA) is 39.1 Å². The first kappa shape index (κ1) is 12.2. The molecule has 0 saturated heterocycles. The maximum absolute atomic E-state index is 5.28. The number of hydrogen-bond donors (Lipinski definition) is 1. The summed E-state index contributed by atoms with van der Waals surface area (Å²) < 4.78 is 7.14. The summed E-state index contributed by atoms with van der Waals surface area (Å²) in [6.07, 6.45) is 6.35. The number of nitrogens with one attached hydrogen (secondary N) is 1. The van der Waals surface area contributed by atoms with Crippen LogP contribution in [0.1, 0.15) is 12.8 Å². The van der Waals surface area contributed by atoms with E-state index in [0.717, 1.165) is 23.9 Å². The number of aromatic nitrogens is 2. The SMILES string of the molecule is COCC(Nc1ccc(-n2cccn2)cc1)C1CC1. The van der Waals surface area contributed by atoms with E-state index >= 15 is 0 Å². The van der Waals surface area contributed by atoms with Crippen molar-refractivity contribution in [1.82, 2.24) is 9.78 Å². The highest BCUT2D eigenvalue weighted by atomic mass is 16.5. The Labute approximate surface area is 113 Å². The van der Waals surface area contributed by atoms with Gasteiger partial charge in [0.1, 0.15) is 0 Å². The van der Waals surface area contributed by atoms with Crippen molar-refractivity contribution >= 4 is 5.69 Å². The maximum Gasteiger partial charge on any atom is 0.0666 e. The molecule has 0 radical (unpaired) electrons. The zero-order chi connectivity index (χ0) is 13.1. The molecule has 1 aliphatic carbocycles. The Hall–Kier alpha value is -1.81. The fraction of sp³-hybridized carbons (Fsp3) is 0.400. The third-order valence-electron chi connectivity index (χ3n) is 3.53. The van der Waals surface area contributed by atoms with Crippen LogP contribution in [0.5, 0.6) is 0 Å². The molecule has 1 atom stereocenters. The second kappa shape index (κ2) is 5.45. The molecule has 1 aromatic carbocycles. The molecule has 1 saturated carbocycles. The van der Waals surface area contributed by atoms with Crippen LogP contribution in [-0.2, 0) is 4.74 Å². The monoisotopic (exact) mass is 257 g/mol. The van der Waals surface area contributed by atoms with E-state index in [-0.39, 0.29) is 0 Å². The van der Waals surface area contributed by atoms with Gasteiger partial charge >= 0.3 is 0 Å². The predicted molar refractivity (Wildman–Crippen MR) is 75.6 cm³/mol. The van der Waals surface area contributed by atoms with Crippen LogP contribution in [0.2, 0.25) is 0 Å². The quantitative estimate of drug-likeness (QED) is 0.864. The van der Waals surface area contributed by atoms with E-state index in [4.69, 9.17) is 4.74 Å². The lowest BCUT2D eigenvalue weighted by Crippen LogP contribution is -2.27. The summed E-state index contributed by atoms with van der Waals surface area (Å²) in [6, 6.07) is 10.7. The first-order valence-electron chi connectivity index (χ1n) is 6.72. The van der Waals surface area contributed by atoms with Crippen LogP contribution in [0.3, 0.4) is 0 Å². The number of anilines is 1. The highest BCUT2D eigenvalue weighted by Gasteiger charge is 2.30. The molecule has 1 heterocycles. The van der Waals surface area contributed by atoms with Crippen molar-refractivity contribution in [1.29, 1.82) is 0 Å². The normalized spacial score (nSPS) is 16.3. The number of benzene rings is 1. The zero-order valence-electron chi connectivity index (χ0n) is 11.1. The van der Waals surface area contributed by atoms with E-state index in [0.29, 0.717) is 6.04 Å². The van der Waals surface area contributed by atoms with Crippen LogP contribution >= 0.6 is 0 Å². The molecular weight excluding hydrogens is 238 g/mol. The Morgan fingerprint density at radius 3 is 2.74 bits per heavy atom.